The number of nitrogens with zero attached hydrogens (tertiary/aromatic N) is 1. The molecule has 1 heterocycles. The van der Waals surface area contributed by atoms with Gasteiger partial charge in [-0.1, -0.05) is 41.9 Å². The molecular weight excluding hydrogens is 538 g/mol. The molecule has 3 aromatic carbocycles. The van der Waals surface area contributed by atoms with Crippen LogP contribution in [0.2, 0.25) is 5.02 Å². The van der Waals surface area contributed by atoms with Gasteiger partial charge >= 0.3 is 0 Å². The highest BCUT2D eigenvalue weighted by molar-refractivity contribution is 7.89. The molecule has 0 saturated carbocycles. The van der Waals surface area contributed by atoms with Crippen LogP contribution in [0.3, 0.4) is 0 Å². The molecule has 1 fully saturated rings. The van der Waals surface area contributed by atoms with Gasteiger partial charge in [0.15, 0.2) is 0 Å². The number of amides is 2. The summed E-state index contributed by atoms with van der Waals surface area (Å²) in [5.74, 6) is 0.148. The first kappa shape index (κ1) is 28.6. The number of sulfonamides is 1. The third kappa shape index (κ3) is 7.17. The van der Waals surface area contributed by atoms with Crippen LogP contribution in [-0.4, -0.2) is 43.7 Å². The van der Waals surface area contributed by atoms with E-state index in [0.29, 0.717) is 42.3 Å². The summed E-state index contributed by atoms with van der Waals surface area (Å²) in [6, 6.07) is 19.3. The Bertz CT molecular complexity index is 1400. The normalized spacial score (nSPS) is 15.9. The molecule has 1 aliphatic heterocycles. The number of rotatable bonds is 10. The number of carbonyl (C=O) groups excluding carboxylic acids is 2. The molecule has 0 spiro atoms. The van der Waals surface area contributed by atoms with E-state index in [0.717, 1.165) is 24.2 Å². The summed E-state index contributed by atoms with van der Waals surface area (Å²) in [6.07, 6.45) is 1.93. The first-order chi connectivity index (χ1) is 18.8. The molecule has 0 aromatic heterocycles. The number of carbonyl (C=O) groups is 2. The minimum absolute atomic E-state index is 0.0212. The minimum atomic E-state index is -4.02. The Hall–Kier alpha value is -3.40. The standard InChI is InChI=1S/C29H32ClN3O5S/c1-2-38-27-9-4-3-7-23(27)19-32-28(34)22-12-10-21(11-13-22)20-33(26-8-5-6-18-31-29(26)35)39(36,37)25-16-14-24(30)15-17-25/h3-4,7,9-17,26H,2,5-6,8,18-20H2,1H3,(H,31,35)(H,32,34)/t26-/m1/s1. The fraction of sp³-hybridized carbons (Fsp3) is 0.310. The van der Waals surface area contributed by atoms with Gasteiger partial charge in [0.2, 0.25) is 15.9 Å². The lowest BCUT2D eigenvalue weighted by Crippen LogP contribution is -2.48. The maximum absolute atomic E-state index is 13.7. The number of nitrogens with one attached hydrogen (secondary N) is 2. The van der Waals surface area contributed by atoms with Crippen molar-refractivity contribution in [3.63, 3.8) is 0 Å². The Morgan fingerprint density at radius 1 is 1.05 bits per heavy atom. The van der Waals surface area contributed by atoms with E-state index in [1.807, 2.05) is 31.2 Å². The highest BCUT2D eigenvalue weighted by Gasteiger charge is 2.36. The van der Waals surface area contributed by atoms with Crippen molar-refractivity contribution in [1.29, 1.82) is 0 Å². The van der Waals surface area contributed by atoms with Gasteiger partial charge in [0, 0.05) is 35.8 Å². The van der Waals surface area contributed by atoms with Gasteiger partial charge in [-0.15, -0.1) is 0 Å². The first-order valence-corrected chi connectivity index (χ1v) is 14.7. The zero-order valence-corrected chi connectivity index (χ0v) is 23.3. The molecule has 1 atom stereocenters. The Labute approximate surface area is 234 Å². The quantitative estimate of drug-likeness (QED) is 0.373. The number of para-hydroxylation sites is 1. The van der Waals surface area contributed by atoms with Crippen molar-refractivity contribution in [2.24, 2.45) is 0 Å². The Morgan fingerprint density at radius 2 is 1.77 bits per heavy atom. The number of hydrogen-bond donors (Lipinski definition) is 2. The molecule has 206 valence electrons. The van der Waals surface area contributed by atoms with Crippen LogP contribution in [0.15, 0.2) is 77.7 Å². The van der Waals surface area contributed by atoms with Gasteiger partial charge in [0.05, 0.1) is 11.5 Å². The molecule has 4 rings (SSSR count). The second-order valence-corrected chi connectivity index (χ2v) is 11.6. The third-order valence-corrected chi connectivity index (χ3v) is 8.66. The smallest absolute Gasteiger partial charge is 0.251 e. The van der Waals surface area contributed by atoms with E-state index in [4.69, 9.17) is 16.3 Å². The highest BCUT2D eigenvalue weighted by Crippen LogP contribution is 2.26. The van der Waals surface area contributed by atoms with Crippen molar-refractivity contribution in [2.45, 2.75) is 50.2 Å². The van der Waals surface area contributed by atoms with Crippen molar-refractivity contribution in [3.05, 3.63) is 94.5 Å². The molecule has 0 unspecified atom stereocenters. The lowest BCUT2D eigenvalue weighted by Gasteiger charge is -2.29. The maximum Gasteiger partial charge on any atom is 0.251 e. The average Bonchev–Trinajstić information content (AvgIpc) is 3.15. The minimum Gasteiger partial charge on any atom is -0.494 e. The second kappa shape index (κ2) is 13.1. The van der Waals surface area contributed by atoms with Gasteiger partial charge in [-0.05, 0) is 74.2 Å². The highest BCUT2D eigenvalue weighted by atomic mass is 35.5. The monoisotopic (exact) mass is 569 g/mol. The predicted octanol–water partition coefficient (Wildman–Crippen LogP) is 4.53. The summed E-state index contributed by atoms with van der Waals surface area (Å²) >= 11 is 5.97. The number of hydrogen-bond acceptors (Lipinski definition) is 5. The third-order valence-electron chi connectivity index (χ3n) is 6.54. The van der Waals surface area contributed by atoms with Crippen LogP contribution in [-0.2, 0) is 27.9 Å². The summed E-state index contributed by atoms with van der Waals surface area (Å²) in [5.41, 5.74) is 1.96. The molecule has 39 heavy (non-hydrogen) atoms. The Kier molecular flexibility index (Phi) is 9.61. The maximum atomic E-state index is 13.7. The number of benzene rings is 3. The fourth-order valence-corrected chi connectivity index (χ4v) is 6.20. The summed E-state index contributed by atoms with van der Waals surface area (Å²) in [5, 5.41) is 6.15. The van der Waals surface area contributed by atoms with Crippen molar-refractivity contribution >= 4 is 33.4 Å². The fourth-order valence-electron chi connectivity index (χ4n) is 4.47. The molecule has 2 N–H and O–H groups in total. The van der Waals surface area contributed by atoms with Crippen molar-refractivity contribution in [1.82, 2.24) is 14.9 Å². The van der Waals surface area contributed by atoms with Crippen LogP contribution in [0, 0.1) is 0 Å². The molecule has 0 aliphatic carbocycles. The van der Waals surface area contributed by atoms with E-state index in [1.165, 1.54) is 28.6 Å². The van der Waals surface area contributed by atoms with E-state index >= 15 is 0 Å². The van der Waals surface area contributed by atoms with E-state index in [9.17, 15) is 18.0 Å². The molecule has 2 amide bonds. The molecular formula is C29H32ClN3O5S. The topological polar surface area (TPSA) is 105 Å². The molecule has 0 radical (unpaired) electrons. The molecule has 1 aliphatic rings. The van der Waals surface area contributed by atoms with E-state index in [1.54, 1.807) is 24.3 Å². The van der Waals surface area contributed by atoms with Gasteiger partial charge in [0.1, 0.15) is 11.8 Å². The summed E-state index contributed by atoms with van der Waals surface area (Å²) in [7, 11) is -4.02. The van der Waals surface area contributed by atoms with Crippen molar-refractivity contribution in [2.75, 3.05) is 13.2 Å². The lowest BCUT2D eigenvalue weighted by molar-refractivity contribution is -0.124. The van der Waals surface area contributed by atoms with E-state index in [2.05, 4.69) is 10.6 Å². The van der Waals surface area contributed by atoms with Crippen LogP contribution in [0.1, 0.15) is 47.7 Å². The van der Waals surface area contributed by atoms with Crippen LogP contribution >= 0.6 is 11.6 Å². The van der Waals surface area contributed by atoms with Crippen LogP contribution in [0.25, 0.3) is 0 Å². The van der Waals surface area contributed by atoms with E-state index in [-0.39, 0.29) is 23.3 Å². The zero-order valence-electron chi connectivity index (χ0n) is 21.7. The summed E-state index contributed by atoms with van der Waals surface area (Å²) < 4.78 is 34.3. The Balaban J connectivity index is 1.52. The van der Waals surface area contributed by atoms with E-state index < -0.39 is 16.1 Å². The van der Waals surface area contributed by atoms with Gasteiger partial charge < -0.3 is 15.4 Å². The summed E-state index contributed by atoms with van der Waals surface area (Å²) in [4.78, 5) is 25.7. The molecule has 1 saturated heterocycles. The molecule has 10 heteroatoms. The number of halogens is 1. The molecule has 3 aromatic rings. The largest absolute Gasteiger partial charge is 0.494 e. The second-order valence-electron chi connectivity index (χ2n) is 9.23. The molecule has 0 bridgehead atoms. The summed E-state index contributed by atoms with van der Waals surface area (Å²) in [6.45, 7) is 3.23. The predicted molar refractivity (Wildman–Crippen MR) is 150 cm³/mol. The zero-order chi connectivity index (χ0) is 27.8. The molecule has 8 nitrogen and oxygen atoms in total. The van der Waals surface area contributed by atoms with Gasteiger partial charge in [-0.2, -0.15) is 4.31 Å². The van der Waals surface area contributed by atoms with Crippen LogP contribution < -0.4 is 15.4 Å². The van der Waals surface area contributed by atoms with Crippen LogP contribution in [0.4, 0.5) is 0 Å². The SMILES string of the molecule is CCOc1ccccc1CNC(=O)c1ccc(CN([C@@H]2CCCCNC2=O)S(=O)(=O)c2ccc(Cl)cc2)cc1. The van der Waals surface area contributed by atoms with Crippen molar-refractivity contribution < 1.29 is 22.7 Å². The van der Waals surface area contributed by atoms with Gasteiger partial charge in [0.25, 0.3) is 5.91 Å². The lowest BCUT2D eigenvalue weighted by atomic mass is 10.1. The first-order valence-electron chi connectivity index (χ1n) is 12.9. The van der Waals surface area contributed by atoms with Crippen molar-refractivity contribution in [3.8, 4) is 5.75 Å². The van der Waals surface area contributed by atoms with Gasteiger partial charge in [-0.3, -0.25) is 9.59 Å². The van der Waals surface area contributed by atoms with Crippen LogP contribution in [0.5, 0.6) is 5.75 Å². The number of ether oxygens (including phenoxy) is 1. The van der Waals surface area contributed by atoms with Gasteiger partial charge in [-0.25, -0.2) is 8.42 Å². The average molecular weight is 570 g/mol. The Morgan fingerprint density at radius 3 is 2.49 bits per heavy atom.